The molecule has 4 nitrogen and oxygen atoms in total. The fourth-order valence-corrected chi connectivity index (χ4v) is 3.75. The molecule has 0 aliphatic carbocycles. The van der Waals surface area contributed by atoms with Crippen LogP contribution < -0.4 is 10.1 Å². The van der Waals surface area contributed by atoms with Gasteiger partial charge in [-0.2, -0.15) is 0 Å². The van der Waals surface area contributed by atoms with Gasteiger partial charge in [-0.15, -0.1) is 11.3 Å². The fourth-order valence-electron chi connectivity index (χ4n) is 2.84. The molecule has 0 bridgehead atoms. The summed E-state index contributed by atoms with van der Waals surface area (Å²) in [7, 11) is 0. The number of hydrogen-bond acceptors (Lipinski definition) is 5. The van der Waals surface area contributed by atoms with E-state index in [9.17, 15) is 0 Å². The van der Waals surface area contributed by atoms with Crippen molar-refractivity contribution in [2.45, 2.75) is 13.3 Å². The average molecular weight is 361 g/mol. The summed E-state index contributed by atoms with van der Waals surface area (Å²) in [5.41, 5.74) is 3.21. The second-order valence-corrected chi connectivity index (χ2v) is 6.75. The number of ether oxygens (including phenoxy) is 1. The molecule has 130 valence electrons. The molecule has 0 atom stereocenters. The smallest absolute Gasteiger partial charge is 0.143 e. The molecule has 5 heteroatoms. The summed E-state index contributed by atoms with van der Waals surface area (Å²) in [6.07, 6.45) is 2.57. The summed E-state index contributed by atoms with van der Waals surface area (Å²) in [4.78, 5) is 9.91. The lowest BCUT2D eigenvalue weighted by atomic mass is 10.1. The van der Waals surface area contributed by atoms with Gasteiger partial charge >= 0.3 is 0 Å². The number of nitrogens with one attached hydrogen (secondary N) is 1. The Morgan fingerprint density at radius 2 is 1.81 bits per heavy atom. The van der Waals surface area contributed by atoms with Crippen LogP contribution in [0.4, 0.5) is 11.5 Å². The lowest BCUT2D eigenvalue weighted by molar-refractivity contribution is 0.319. The van der Waals surface area contributed by atoms with Crippen LogP contribution in [0, 0.1) is 0 Å². The van der Waals surface area contributed by atoms with Gasteiger partial charge in [-0.3, -0.25) is 0 Å². The Morgan fingerprint density at radius 3 is 2.65 bits per heavy atom. The van der Waals surface area contributed by atoms with Crippen LogP contribution in [0.1, 0.15) is 13.3 Å². The summed E-state index contributed by atoms with van der Waals surface area (Å²) in [5, 5.41) is 6.63. The van der Waals surface area contributed by atoms with E-state index in [0.29, 0.717) is 6.61 Å². The van der Waals surface area contributed by atoms with Gasteiger partial charge in [0.25, 0.3) is 0 Å². The van der Waals surface area contributed by atoms with E-state index in [4.69, 9.17) is 4.74 Å². The zero-order valence-corrected chi connectivity index (χ0v) is 15.3. The molecule has 2 aromatic carbocycles. The Labute approximate surface area is 156 Å². The van der Waals surface area contributed by atoms with Gasteiger partial charge in [-0.1, -0.05) is 49.4 Å². The summed E-state index contributed by atoms with van der Waals surface area (Å²) in [6.45, 7) is 2.78. The van der Waals surface area contributed by atoms with Crippen LogP contribution in [0.3, 0.4) is 0 Å². The van der Waals surface area contributed by atoms with Gasteiger partial charge in [-0.25, -0.2) is 9.97 Å². The Balaban J connectivity index is 1.77. The minimum atomic E-state index is 0.686. The van der Waals surface area contributed by atoms with Crippen molar-refractivity contribution in [3.63, 3.8) is 0 Å². The molecule has 0 spiro atoms. The zero-order chi connectivity index (χ0) is 17.8. The molecule has 0 saturated carbocycles. The molecule has 2 heterocycles. The topological polar surface area (TPSA) is 47.0 Å². The molecule has 0 aliphatic rings. The number of rotatable bonds is 6. The van der Waals surface area contributed by atoms with Crippen LogP contribution in [-0.4, -0.2) is 16.6 Å². The van der Waals surface area contributed by atoms with Crippen molar-refractivity contribution < 1.29 is 4.74 Å². The molecule has 2 aromatic heterocycles. The molecule has 0 unspecified atom stereocenters. The van der Waals surface area contributed by atoms with Gasteiger partial charge in [-0.05, 0) is 24.1 Å². The summed E-state index contributed by atoms with van der Waals surface area (Å²) >= 11 is 1.63. The Kier molecular flexibility index (Phi) is 4.80. The number of para-hydroxylation sites is 2. The van der Waals surface area contributed by atoms with E-state index < -0.39 is 0 Å². The summed E-state index contributed by atoms with van der Waals surface area (Å²) in [5.74, 6) is 1.63. The molecular formula is C21H19N3OS. The van der Waals surface area contributed by atoms with Crippen molar-refractivity contribution in [2.24, 2.45) is 0 Å². The number of aromatic nitrogens is 2. The molecule has 0 fully saturated rings. The molecule has 0 amide bonds. The lowest BCUT2D eigenvalue weighted by Gasteiger charge is -2.13. The third kappa shape index (κ3) is 3.26. The second-order valence-electron chi connectivity index (χ2n) is 5.89. The molecule has 4 aromatic rings. The minimum absolute atomic E-state index is 0.686. The monoisotopic (exact) mass is 361 g/mol. The van der Waals surface area contributed by atoms with Gasteiger partial charge in [0.2, 0.25) is 0 Å². The standard InChI is InChI=1S/C21H19N3OS/c1-2-12-25-18-11-7-6-10-17(18)24-20-19-16(15-8-4-3-5-9-15)13-26-21(19)23-14-22-20/h3-11,13-14H,2,12H2,1H3,(H,22,23,24). The lowest BCUT2D eigenvalue weighted by Crippen LogP contribution is -2.01. The van der Waals surface area contributed by atoms with Crippen molar-refractivity contribution in [3.05, 3.63) is 66.3 Å². The van der Waals surface area contributed by atoms with Gasteiger partial charge < -0.3 is 10.1 Å². The average Bonchev–Trinajstić information content (AvgIpc) is 3.13. The van der Waals surface area contributed by atoms with E-state index in [1.54, 1.807) is 17.7 Å². The molecule has 26 heavy (non-hydrogen) atoms. The Morgan fingerprint density at radius 1 is 1.00 bits per heavy atom. The molecular weight excluding hydrogens is 342 g/mol. The van der Waals surface area contributed by atoms with Crippen molar-refractivity contribution >= 4 is 33.1 Å². The quantitative estimate of drug-likeness (QED) is 0.465. The molecule has 0 radical (unpaired) electrons. The minimum Gasteiger partial charge on any atom is -0.491 e. The fraction of sp³-hybridized carbons (Fsp3) is 0.143. The number of benzene rings is 2. The van der Waals surface area contributed by atoms with Crippen LogP contribution in [-0.2, 0) is 0 Å². The number of anilines is 2. The molecule has 0 saturated heterocycles. The SMILES string of the molecule is CCCOc1ccccc1Nc1ncnc2scc(-c3ccccc3)c12. The molecule has 1 N–H and O–H groups in total. The summed E-state index contributed by atoms with van der Waals surface area (Å²) in [6, 6.07) is 18.3. The highest BCUT2D eigenvalue weighted by atomic mass is 32.1. The highest BCUT2D eigenvalue weighted by Crippen LogP contribution is 2.38. The number of nitrogens with zero attached hydrogens (tertiary/aromatic N) is 2. The van der Waals surface area contributed by atoms with Crippen LogP contribution >= 0.6 is 11.3 Å². The third-order valence-electron chi connectivity index (χ3n) is 4.06. The predicted octanol–water partition coefficient (Wildman–Crippen LogP) is 5.89. The van der Waals surface area contributed by atoms with Crippen molar-refractivity contribution in [1.82, 2.24) is 9.97 Å². The van der Waals surface area contributed by atoms with Crippen LogP contribution in [0.15, 0.2) is 66.3 Å². The van der Waals surface area contributed by atoms with Crippen molar-refractivity contribution in [1.29, 1.82) is 0 Å². The van der Waals surface area contributed by atoms with Gasteiger partial charge in [0, 0.05) is 10.9 Å². The zero-order valence-electron chi connectivity index (χ0n) is 14.5. The maximum atomic E-state index is 5.86. The van der Waals surface area contributed by atoms with E-state index >= 15 is 0 Å². The van der Waals surface area contributed by atoms with Crippen LogP contribution in [0.5, 0.6) is 5.75 Å². The first-order valence-electron chi connectivity index (χ1n) is 8.63. The third-order valence-corrected chi connectivity index (χ3v) is 4.94. The maximum Gasteiger partial charge on any atom is 0.143 e. The Hall–Kier alpha value is -2.92. The first-order chi connectivity index (χ1) is 12.9. The predicted molar refractivity (Wildman–Crippen MR) is 108 cm³/mol. The van der Waals surface area contributed by atoms with Gasteiger partial charge in [0.15, 0.2) is 0 Å². The van der Waals surface area contributed by atoms with Crippen LogP contribution in [0.2, 0.25) is 0 Å². The van der Waals surface area contributed by atoms with E-state index in [1.165, 1.54) is 0 Å². The second kappa shape index (κ2) is 7.54. The van der Waals surface area contributed by atoms with E-state index in [-0.39, 0.29) is 0 Å². The maximum absolute atomic E-state index is 5.86. The highest BCUT2D eigenvalue weighted by molar-refractivity contribution is 7.17. The molecule has 4 rings (SSSR count). The largest absolute Gasteiger partial charge is 0.491 e. The number of thiophene rings is 1. The van der Waals surface area contributed by atoms with Gasteiger partial charge in [0.05, 0.1) is 17.7 Å². The first-order valence-corrected chi connectivity index (χ1v) is 9.51. The van der Waals surface area contributed by atoms with Crippen LogP contribution in [0.25, 0.3) is 21.3 Å². The summed E-state index contributed by atoms with van der Waals surface area (Å²) < 4.78 is 5.86. The van der Waals surface area contributed by atoms with Gasteiger partial charge in [0.1, 0.15) is 22.7 Å². The normalized spacial score (nSPS) is 10.8. The number of fused-ring (bicyclic) bond motifs is 1. The van der Waals surface area contributed by atoms with E-state index in [0.717, 1.165) is 45.0 Å². The van der Waals surface area contributed by atoms with Crippen molar-refractivity contribution in [3.8, 4) is 16.9 Å². The van der Waals surface area contributed by atoms with E-state index in [1.807, 2.05) is 42.5 Å². The van der Waals surface area contributed by atoms with Crippen molar-refractivity contribution in [2.75, 3.05) is 11.9 Å². The Bertz CT molecular complexity index is 1010. The first kappa shape index (κ1) is 16.5. The molecule has 0 aliphatic heterocycles. The van der Waals surface area contributed by atoms with E-state index in [2.05, 4.69) is 39.7 Å². The number of hydrogen-bond donors (Lipinski definition) is 1. The highest BCUT2D eigenvalue weighted by Gasteiger charge is 2.14.